The molecule has 0 saturated carbocycles. The van der Waals surface area contributed by atoms with Crippen LogP contribution in [0.5, 0.6) is 0 Å². The van der Waals surface area contributed by atoms with Gasteiger partial charge in [-0.1, -0.05) is 0 Å². The number of ether oxygens (including phenoxy) is 1. The molecule has 0 amide bonds. The molecule has 2 N–H and O–H groups in total. The molecule has 0 spiro atoms. The van der Waals surface area contributed by atoms with Gasteiger partial charge in [0, 0.05) is 0 Å². The van der Waals surface area contributed by atoms with Crippen LogP contribution in [0.4, 0.5) is 0 Å². The Morgan fingerprint density at radius 1 is 1.67 bits per heavy atom. The molecule has 1 aliphatic heterocycles. The van der Waals surface area contributed by atoms with Crippen molar-refractivity contribution in [3.63, 3.8) is 0 Å². The third-order valence-electron chi connectivity index (χ3n) is 2.80. The summed E-state index contributed by atoms with van der Waals surface area (Å²) >= 11 is 0. The summed E-state index contributed by atoms with van der Waals surface area (Å²) in [5, 5.41) is 18.7. The predicted octanol–water partition coefficient (Wildman–Crippen LogP) is 0.341. The van der Waals surface area contributed by atoms with Crippen molar-refractivity contribution in [2.24, 2.45) is 0 Å². The number of aliphatic hydroxyl groups is 2. The molecule has 0 aliphatic carbocycles. The summed E-state index contributed by atoms with van der Waals surface area (Å²) in [5.41, 5.74) is 1.61. The molecule has 2 heterocycles. The van der Waals surface area contributed by atoms with E-state index in [0.29, 0.717) is 23.0 Å². The SMILES string of the molecule is [B]=C(C)c1cc(C=O)n([C@@H]2O[C@H](CO)C=C2O)c1. The number of aldehydes is 1. The Labute approximate surface area is 105 Å². The predicted molar refractivity (Wildman–Crippen MR) is 67.1 cm³/mol. The van der Waals surface area contributed by atoms with Gasteiger partial charge in [0.05, 0.1) is 0 Å². The van der Waals surface area contributed by atoms with E-state index in [1.165, 1.54) is 10.6 Å². The molecule has 5 nitrogen and oxygen atoms in total. The van der Waals surface area contributed by atoms with Crippen LogP contribution in [0.2, 0.25) is 0 Å². The van der Waals surface area contributed by atoms with Crippen LogP contribution in [-0.4, -0.2) is 46.7 Å². The molecule has 93 valence electrons. The molecule has 1 aliphatic rings. The fraction of sp³-hybridized carbons (Fsp3) is 0.333. The van der Waals surface area contributed by atoms with Crippen LogP contribution in [0.25, 0.3) is 0 Å². The molecule has 0 bridgehead atoms. The second-order valence-electron chi connectivity index (χ2n) is 4.16. The van der Waals surface area contributed by atoms with Gasteiger partial charge in [-0.2, -0.15) is 0 Å². The average Bonchev–Trinajstić information content (AvgIpc) is 2.91. The number of rotatable bonds is 4. The van der Waals surface area contributed by atoms with Gasteiger partial charge in [0.2, 0.25) is 0 Å². The zero-order valence-electron chi connectivity index (χ0n) is 9.91. The molecule has 1 radical (unpaired) electrons. The molecule has 0 saturated heterocycles. The average molecular weight is 246 g/mol. The van der Waals surface area contributed by atoms with Crippen LogP contribution < -0.4 is 0 Å². The van der Waals surface area contributed by atoms with Crippen molar-refractivity contribution in [2.75, 3.05) is 6.61 Å². The number of carbonyl (C=O) groups excluding carboxylic acids is 1. The standard InChI is InChI=1S/C12H13BNO4/c1-7(13)8-2-9(5-15)14(4-8)12-11(17)3-10(6-16)18-12/h2-5,10,12,16-17H,6H2,1H3/t10-,12+/m0/s1. The van der Waals surface area contributed by atoms with Gasteiger partial charge in [-0.3, -0.25) is 0 Å². The summed E-state index contributed by atoms with van der Waals surface area (Å²) in [6.45, 7) is 1.49. The van der Waals surface area contributed by atoms with Crippen LogP contribution in [-0.2, 0) is 4.74 Å². The van der Waals surface area contributed by atoms with E-state index in [-0.39, 0.29) is 12.4 Å². The summed E-state index contributed by atoms with van der Waals surface area (Å²) in [4.78, 5) is 11.0. The van der Waals surface area contributed by atoms with Crippen molar-refractivity contribution in [2.45, 2.75) is 19.3 Å². The summed E-state index contributed by atoms with van der Waals surface area (Å²) in [5.74, 6) is -0.0334. The summed E-state index contributed by atoms with van der Waals surface area (Å²) in [6.07, 6.45) is 2.35. The number of hydrogen-bond donors (Lipinski definition) is 2. The van der Waals surface area contributed by atoms with Crippen LogP contribution in [0.15, 0.2) is 24.1 Å². The molecule has 2 rings (SSSR count). The minimum absolute atomic E-state index is 0.0334. The summed E-state index contributed by atoms with van der Waals surface area (Å²) < 4.78 is 6.89. The van der Waals surface area contributed by atoms with E-state index in [0.717, 1.165) is 0 Å². The van der Waals surface area contributed by atoms with Crippen LogP contribution in [0, 0.1) is 0 Å². The van der Waals surface area contributed by atoms with Gasteiger partial charge in [0.25, 0.3) is 0 Å². The Balaban J connectivity index is 2.37. The summed E-state index contributed by atoms with van der Waals surface area (Å²) in [7, 11) is 5.67. The molecule has 0 unspecified atom stereocenters. The number of nitrogens with zero attached hydrogens (tertiary/aromatic N) is 1. The van der Waals surface area contributed by atoms with Gasteiger partial charge in [-0.15, -0.1) is 0 Å². The van der Waals surface area contributed by atoms with Crippen molar-refractivity contribution in [3.8, 4) is 0 Å². The van der Waals surface area contributed by atoms with Crippen molar-refractivity contribution < 1.29 is 19.7 Å². The maximum absolute atomic E-state index is 11.0. The summed E-state index contributed by atoms with van der Waals surface area (Å²) in [6, 6.07) is 1.62. The Hall–Kier alpha value is -1.66. The zero-order chi connectivity index (χ0) is 13.3. The molecular weight excluding hydrogens is 233 g/mol. The normalized spacial score (nSPS) is 22.8. The van der Waals surface area contributed by atoms with E-state index in [4.69, 9.17) is 17.3 Å². The Bertz CT molecular complexity index is 520. The Morgan fingerprint density at radius 2 is 2.39 bits per heavy atom. The topological polar surface area (TPSA) is 71.7 Å². The second-order valence-corrected chi connectivity index (χ2v) is 4.16. The van der Waals surface area contributed by atoms with Gasteiger partial charge < -0.3 is 0 Å². The first kappa shape index (κ1) is 12.8. The van der Waals surface area contributed by atoms with Crippen molar-refractivity contribution in [1.29, 1.82) is 0 Å². The fourth-order valence-corrected chi connectivity index (χ4v) is 1.86. The zero-order valence-corrected chi connectivity index (χ0v) is 9.91. The molecule has 0 aromatic carbocycles. The van der Waals surface area contributed by atoms with E-state index in [2.05, 4.69) is 0 Å². The van der Waals surface area contributed by atoms with Gasteiger partial charge in [-0.05, 0) is 0 Å². The van der Waals surface area contributed by atoms with Crippen LogP contribution >= 0.6 is 0 Å². The maximum atomic E-state index is 11.0. The number of aromatic nitrogens is 1. The quantitative estimate of drug-likeness (QED) is 0.593. The third kappa shape index (κ3) is 2.17. The number of aliphatic hydroxyl groups excluding tert-OH is 2. The molecule has 0 fully saturated rings. The Kier molecular flexibility index (Phi) is 3.49. The first-order chi connectivity index (χ1) is 8.56. The molecule has 1 aromatic rings. The molecule has 18 heavy (non-hydrogen) atoms. The molecular formula is C12H13BNO4. The van der Waals surface area contributed by atoms with Crippen molar-refractivity contribution >= 4 is 19.2 Å². The van der Waals surface area contributed by atoms with E-state index >= 15 is 0 Å². The first-order valence-corrected chi connectivity index (χ1v) is 5.50. The van der Waals surface area contributed by atoms with Gasteiger partial charge >= 0.3 is 105 Å². The van der Waals surface area contributed by atoms with E-state index < -0.39 is 12.3 Å². The fourth-order valence-electron chi connectivity index (χ4n) is 1.86. The third-order valence-corrected chi connectivity index (χ3v) is 2.80. The van der Waals surface area contributed by atoms with Crippen LogP contribution in [0.1, 0.15) is 29.2 Å². The van der Waals surface area contributed by atoms with E-state index in [1.54, 1.807) is 19.2 Å². The second kappa shape index (κ2) is 4.92. The van der Waals surface area contributed by atoms with Gasteiger partial charge in [0.1, 0.15) is 0 Å². The van der Waals surface area contributed by atoms with Crippen LogP contribution in [0.3, 0.4) is 0 Å². The molecule has 6 heteroatoms. The van der Waals surface area contributed by atoms with Crippen molar-refractivity contribution in [3.05, 3.63) is 35.4 Å². The first-order valence-electron chi connectivity index (χ1n) is 5.50. The number of carbonyl (C=O) groups is 1. The molecule has 1 aromatic heterocycles. The van der Waals surface area contributed by atoms with Gasteiger partial charge in [0.15, 0.2) is 0 Å². The Morgan fingerprint density at radius 3 is 2.89 bits per heavy atom. The molecule has 2 atom stereocenters. The van der Waals surface area contributed by atoms with Crippen molar-refractivity contribution in [1.82, 2.24) is 4.57 Å². The van der Waals surface area contributed by atoms with E-state index in [1.807, 2.05) is 0 Å². The monoisotopic (exact) mass is 246 g/mol. The van der Waals surface area contributed by atoms with E-state index in [9.17, 15) is 9.90 Å². The van der Waals surface area contributed by atoms with Gasteiger partial charge in [-0.25, -0.2) is 0 Å². The number of hydrogen-bond acceptors (Lipinski definition) is 4. The minimum atomic E-state index is -0.796.